The molecule has 0 aliphatic carbocycles. The number of benzene rings is 2. The van der Waals surface area contributed by atoms with Crippen molar-refractivity contribution in [1.29, 1.82) is 0 Å². The molecule has 3 rings (SSSR count). The van der Waals surface area contributed by atoms with Gasteiger partial charge in [-0.05, 0) is 51.2 Å². The fourth-order valence-corrected chi connectivity index (χ4v) is 3.37. The van der Waals surface area contributed by atoms with Gasteiger partial charge in [-0.2, -0.15) is 0 Å². The largest absolute Gasteiger partial charge is 0.426 e. The average molecular weight is 400 g/mol. The number of hydrogen-bond donors (Lipinski definition) is 0. The van der Waals surface area contributed by atoms with Crippen LogP contribution in [-0.2, 0) is 0 Å². The highest BCUT2D eigenvalue weighted by atomic mass is 79.9. The summed E-state index contributed by atoms with van der Waals surface area (Å²) in [5.74, 6) is 0.665. The highest BCUT2D eigenvalue weighted by Gasteiger charge is 2.19. The van der Waals surface area contributed by atoms with Crippen LogP contribution in [0.4, 0.5) is 0 Å². The van der Waals surface area contributed by atoms with E-state index in [0.717, 1.165) is 16.5 Å². The Morgan fingerprint density at radius 1 is 1.00 bits per heavy atom. The molecule has 0 spiro atoms. The van der Waals surface area contributed by atoms with Crippen LogP contribution >= 0.6 is 15.9 Å². The normalized spacial score (nSPS) is 14.0. The summed E-state index contributed by atoms with van der Waals surface area (Å²) >= 11 is 3.58. The van der Waals surface area contributed by atoms with E-state index in [-0.39, 0.29) is 10.5 Å². The molecule has 4 heteroatoms. The fraction of sp³-hybridized carbons (Fsp3) is 0.286. The molecule has 0 amide bonds. The topological polar surface area (TPSA) is 33.5 Å². The predicted molar refractivity (Wildman–Crippen MR) is 107 cm³/mol. The first-order valence-electron chi connectivity index (χ1n) is 8.36. The summed E-state index contributed by atoms with van der Waals surface area (Å²) in [4.78, 5) is 14.5. The molecular formula is C21H22BrNO2. The summed E-state index contributed by atoms with van der Waals surface area (Å²) in [6, 6.07) is 16.4. The van der Waals surface area contributed by atoms with Crippen molar-refractivity contribution in [2.24, 2.45) is 0 Å². The summed E-state index contributed by atoms with van der Waals surface area (Å²) in [6.07, 6.45) is 0. The van der Waals surface area contributed by atoms with Crippen molar-refractivity contribution in [3.63, 3.8) is 0 Å². The SMILES string of the molecule is CC(Br)c1oc(=O)c2ccccc2c1-c1cccc(C(C)N(C)C)c1. The molecule has 0 N–H and O–H groups in total. The first kappa shape index (κ1) is 17.9. The number of fused-ring (bicyclic) bond motifs is 1. The number of alkyl halides is 1. The van der Waals surface area contributed by atoms with Crippen molar-refractivity contribution < 1.29 is 4.42 Å². The van der Waals surface area contributed by atoms with Gasteiger partial charge in [0.25, 0.3) is 0 Å². The van der Waals surface area contributed by atoms with Crippen LogP contribution < -0.4 is 5.63 Å². The third kappa shape index (κ3) is 3.42. The maximum Gasteiger partial charge on any atom is 0.343 e. The highest BCUT2D eigenvalue weighted by Crippen LogP contribution is 2.37. The van der Waals surface area contributed by atoms with Gasteiger partial charge in [-0.1, -0.05) is 52.3 Å². The summed E-state index contributed by atoms with van der Waals surface area (Å²) in [7, 11) is 4.14. The molecule has 0 radical (unpaired) electrons. The van der Waals surface area contributed by atoms with Crippen molar-refractivity contribution in [2.45, 2.75) is 24.7 Å². The Kier molecular flexibility index (Phi) is 5.11. The minimum Gasteiger partial charge on any atom is -0.426 e. The zero-order valence-electron chi connectivity index (χ0n) is 14.9. The second-order valence-corrected chi connectivity index (χ2v) is 7.93. The van der Waals surface area contributed by atoms with Gasteiger partial charge in [0, 0.05) is 17.0 Å². The van der Waals surface area contributed by atoms with E-state index in [1.807, 2.05) is 31.2 Å². The van der Waals surface area contributed by atoms with Gasteiger partial charge in [-0.3, -0.25) is 0 Å². The summed E-state index contributed by atoms with van der Waals surface area (Å²) in [6.45, 7) is 4.15. The van der Waals surface area contributed by atoms with Crippen LogP contribution in [0.1, 0.15) is 36.0 Å². The van der Waals surface area contributed by atoms with Crippen molar-refractivity contribution in [2.75, 3.05) is 14.1 Å². The molecule has 3 nitrogen and oxygen atoms in total. The molecule has 25 heavy (non-hydrogen) atoms. The Balaban J connectivity index is 2.32. The van der Waals surface area contributed by atoms with E-state index in [9.17, 15) is 4.79 Å². The maximum absolute atomic E-state index is 12.4. The van der Waals surface area contributed by atoms with E-state index in [2.05, 4.69) is 66.1 Å². The highest BCUT2D eigenvalue weighted by molar-refractivity contribution is 9.09. The molecule has 0 saturated heterocycles. The molecule has 0 aliphatic rings. The van der Waals surface area contributed by atoms with E-state index >= 15 is 0 Å². The van der Waals surface area contributed by atoms with Crippen LogP contribution in [-0.4, -0.2) is 19.0 Å². The lowest BCUT2D eigenvalue weighted by Gasteiger charge is -2.21. The molecule has 130 valence electrons. The first-order chi connectivity index (χ1) is 11.9. The summed E-state index contributed by atoms with van der Waals surface area (Å²) in [5.41, 5.74) is 2.98. The Labute approximate surface area is 156 Å². The third-order valence-electron chi connectivity index (χ3n) is 4.66. The van der Waals surface area contributed by atoms with Crippen LogP contribution in [0, 0.1) is 0 Å². The fourth-order valence-electron chi connectivity index (χ4n) is 3.05. The van der Waals surface area contributed by atoms with Gasteiger partial charge in [-0.25, -0.2) is 4.79 Å². The smallest absolute Gasteiger partial charge is 0.343 e. The van der Waals surface area contributed by atoms with E-state index in [1.165, 1.54) is 5.56 Å². The molecule has 2 atom stereocenters. The van der Waals surface area contributed by atoms with Gasteiger partial charge in [0.05, 0.1) is 10.2 Å². The lowest BCUT2D eigenvalue weighted by Crippen LogP contribution is -2.16. The van der Waals surface area contributed by atoms with E-state index in [4.69, 9.17) is 4.42 Å². The molecule has 3 aromatic rings. The molecular weight excluding hydrogens is 378 g/mol. The Bertz CT molecular complexity index is 960. The third-order valence-corrected chi connectivity index (χ3v) is 5.07. The summed E-state index contributed by atoms with van der Waals surface area (Å²) < 4.78 is 5.67. The minimum absolute atomic E-state index is 0.0604. The molecule has 1 aromatic heterocycles. The van der Waals surface area contributed by atoms with Crippen LogP contribution in [0.15, 0.2) is 57.7 Å². The molecule has 0 bridgehead atoms. The molecule has 0 fully saturated rings. The van der Waals surface area contributed by atoms with Crippen LogP contribution in [0.25, 0.3) is 21.9 Å². The lowest BCUT2D eigenvalue weighted by molar-refractivity contribution is 0.321. The number of halogens is 1. The first-order valence-corrected chi connectivity index (χ1v) is 9.28. The molecule has 2 aromatic carbocycles. The second kappa shape index (κ2) is 7.14. The Hall–Kier alpha value is -1.91. The van der Waals surface area contributed by atoms with Crippen LogP contribution in [0.5, 0.6) is 0 Å². The van der Waals surface area contributed by atoms with Gasteiger partial charge >= 0.3 is 5.63 Å². The van der Waals surface area contributed by atoms with Gasteiger partial charge in [0.2, 0.25) is 0 Å². The minimum atomic E-state index is -0.293. The monoisotopic (exact) mass is 399 g/mol. The quantitative estimate of drug-likeness (QED) is 0.540. The van der Waals surface area contributed by atoms with Gasteiger partial charge in [0.15, 0.2) is 0 Å². The summed E-state index contributed by atoms with van der Waals surface area (Å²) in [5, 5.41) is 1.54. The van der Waals surface area contributed by atoms with Crippen molar-refractivity contribution in [3.8, 4) is 11.1 Å². The second-order valence-electron chi connectivity index (χ2n) is 6.56. The van der Waals surface area contributed by atoms with Crippen molar-refractivity contribution in [3.05, 3.63) is 70.3 Å². The number of rotatable bonds is 4. The van der Waals surface area contributed by atoms with E-state index < -0.39 is 0 Å². The van der Waals surface area contributed by atoms with Crippen LogP contribution in [0.2, 0.25) is 0 Å². The Morgan fingerprint density at radius 3 is 2.32 bits per heavy atom. The zero-order chi connectivity index (χ0) is 18.1. The van der Waals surface area contributed by atoms with E-state index in [1.54, 1.807) is 0 Å². The van der Waals surface area contributed by atoms with Crippen molar-refractivity contribution >= 4 is 26.7 Å². The predicted octanol–water partition coefficient (Wildman–Crippen LogP) is 5.54. The lowest BCUT2D eigenvalue weighted by atomic mass is 9.94. The van der Waals surface area contributed by atoms with Gasteiger partial charge in [-0.15, -0.1) is 0 Å². The molecule has 0 aliphatic heterocycles. The molecule has 1 heterocycles. The molecule has 2 unspecified atom stereocenters. The Morgan fingerprint density at radius 2 is 1.68 bits per heavy atom. The number of hydrogen-bond acceptors (Lipinski definition) is 3. The number of nitrogens with zero attached hydrogens (tertiary/aromatic N) is 1. The standard InChI is InChI=1S/C21H22BrNO2/c1-13(22)20-19(17-10-5-6-11-18(17)21(24)25-20)16-9-7-8-15(12-16)14(2)23(3)4/h5-14H,1-4H3. The van der Waals surface area contributed by atoms with Gasteiger partial charge < -0.3 is 9.32 Å². The molecule has 0 saturated carbocycles. The van der Waals surface area contributed by atoms with E-state index in [0.29, 0.717) is 17.2 Å². The zero-order valence-corrected chi connectivity index (χ0v) is 16.5. The average Bonchev–Trinajstić information content (AvgIpc) is 2.61. The van der Waals surface area contributed by atoms with Crippen molar-refractivity contribution in [1.82, 2.24) is 4.90 Å². The van der Waals surface area contributed by atoms with Crippen LogP contribution in [0.3, 0.4) is 0 Å². The maximum atomic E-state index is 12.4. The van der Waals surface area contributed by atoms with Gasteiger partial charge in [0.1, 0.15) is 5.76 Å².